The minimum absolute atomic E-state index is 0.302. The fourth-order valence-electron chi connectivity index (χ4n) is 3.21. The van der Waals surface area contributed by atoms with Crippen LogP contribution in [0.15, 0.2) is 18.2 Å². The van der Waals surface area contributed by atoms with Crippen LogP contribution in [0.5, 0.6) is 11.5 Å². The van der Waals surface area contributed by atoms with Crippen LogP contribution >= 0.6 is 0 Å². The predicted octanol–water partition coefficient (Wildman–Crippen LogP) is 3.07. The standard InChI is InChI=1S/C17H25NO3/c1-2-18-15(9-8-13-5-4-10-19-13)14-6-3-7-16-17(14)21-12-11-20-16/h3,6-7,13,15,18H,2,4-5,8-12H2,1H3. The zero-order valence-electron chi connectivity index (χ0n) is 12.8. The van der Waals surface area contributed by atoms with E-state index in [1.807, 2.05) is 6.07 Å². The Morgan fingerprint density at radius 1 is 1.24 bits per heavy atom. The average Bonchev–Trinajstić information content (AvgIpc) is 3.04. The van der Waals surface area contributed by atoms with Gasteiger partial charge in [0.1, 0.15) is 13.2 Å². The summed E-state index contributed by atoms with van der Waals surface area (Å²) in [5.74, 6) is 1.79. The number of nitrogens with one attached hydrogen (secondary N) is 1. The molecule has 1 N–H and O–H groups in total. The number of hydrogen-bond acceptors (Lipinski definition) is 4. The van der Waals surface area contributed by atoms with Crippen molar-refractivity contribution in [3.63, 3.8) is 0 Å². The molecular weight excluding hydrogens is 266 g/mol. The second kappa shape index (κ2) is 7.14. The maximum atomic E-state index is 5.86. The van der Waals surface area contributed by atoms with Crippen molar-refractivity contribution >= 4 is 0 Å². The Labute approximate surface area is 126 Å². The molecule has 0 aromatic heterocycles. The van der Waals surface area contributed by atoms with Gasteiger partial charge in [-0.1, -0.05) is 19.1 Å². The normalized spacial score (nSPS) is 22.2. The highest BCUT2D eigenvalue weighted by atomic mass is 16.6. The summed E-state index contributed by atoms with van der Waals surface area (Å²) in [6, 6.07) is 6.49. The third kappa shape index (κ3) is 3.50. The van der Waals surface area contributed by atoms with Gasteiger partial charge >= 0.3 is 0 Å². The lowest BCUT2D eigenvalue weighted by Gasteiger charge is -2.26. The second-order valence-electron chi connectivity index (χ2n) is 5.69. The van der Waals surface area contributed by atoms with Crippen molar-refractivity contribution in [3.05, 3.63) is 23.8 Å². The molecule has 2 aliphatic heterocycles. The van der Waals surface area contributed by atoms with Gasteiger partial charge in [0.15, 0.2) is 11.5 Å². The van der Waals surface area contributed by atoms with E-state index in [-0.39, 0.29) is 0 Å². The molecule has 0 aliphatic carbocycles. The first-order valence-electron chi connectivity index (χ1n) is 8.12. The second-order valence-corrected chi connectivity index (χ2v) is 5.69. The van der Waals surface area contributed by atoms with E-state index >= 15 is 0 Å². The van der Waals surface area contributed by atoms with Crippen molar-refractivity contribution in [2.24, 2.45) is 0 Å². The molecule has 4 nitrogen and oxygen atoms in total. The SMILES string of the molecule is CCNC(CCC1CCCO1)c1cccc2c1OCCO2. The van der Waals surface area contributed by atoms with E-state index in [1.54, 1.807) is 0 Å². The summed E-state index contributed by atoms with van der Waals surface area (Å²) in [5, 5.41) is 3.58. The molecule has 0 spiro atoms. The average molecular weight is 291 g/mol. The fourth-order valence-corrected chi connectivity index (χ4v) is 3.21. The molecule has 0 amide bonds. The molecule has 1 fully saturated rings. The maximum absolute atomic E-state index is 5.86. The van der Waals surface area contributed by atoms with Crippen molar-refractivity contribution in [3.8, 4) is 11.5 Å². The van der Waals surface area contributed by atoms with Crippen LogP contribution in [-0.2, 0) is 4.74 Å². The van der Waals surface area contributed by atoms with Crippen LogP contribution in [0, 0.1) is 0 Å². The third-order valence-electron chi connectivity index (χ3n) is 4.22. The van der Waals surface area contributed by atoms with E-state index in [2.05, 4.69) is 24.4 Å². The Kier molecular flexibility index (Phi) is 4.99. The van der Waals surface area contributed by atoms with E-state index in [0.29, 0.717) is 25.4 Å². The molecule has 1 aromatic carbocycles. The molecule has 116 valence electrons. The summed E-state index contributed by atoms with van der Waals surface area (Å²) in [7, 11) is 0. The Bertz CT molecular complexity index is 457. The lowest BCUT2D eigenvalue weighted by atomic mass is 9.97. The van der Waals surface area contributed by atoms with Crippen molar-refractivity contribution in [2.45, 2.75) is 44.8 Å². The highest BCUT2D eigenvalue weighted by Gasteiger charge is 2.23. The van der Waals surface area contributed by atoms with Gasteiger partial charge in [0.05, 0.1) is 6.10 Å². The van der Waals surface area contributed by atoms with Gasteiger partial charge in [-0.05, 0) is 38.3 Å². The van der Waals surface area contributed by atoms with Crippen LogP contribution in [0.1, 0.15) is 44.2 Å². The van der Waals surface area contributed by atoms with Crippen LogP contribution in [0.25, 0.3) is 0 Å². The van der Waals surface area contributed by atoms with Gasteiger partial charge in [-0.25, -0.2) is 0 Å². The van der Waals surface area contributed by atoms with Crippen LogP contribution < -0.4 is 14.8 Å². The first-order chi connectivity index (χ1) is 10.4. The summed E-state index contributed by atoms with van der Waals surface area (Å²) in [5.41, 5.74) is 1.21. The quantitative estimate of drug-likeness (QED) is 0.874. The first kappa shape index (κ1) is 14.7. The summed E-state index contributed by atoms with van der Waals surface area (Å²) < 4.78 is 17.3. The molecule has 21 heavy (non-hydrogen) atoms. The van der Waals surface area contributed by atoms with Crippen LogP contribution in [0.3, 0.4) is 0 Å². The molecule has 2 heterocycles. The topological polar surface area (TPSA) is 39.7 Å². The highest BCUT2D eigenvalue weighted by Crippen LogP contribution is 2.38. The van der Waals surface area contributed by atoms with E-state index in [1.165, 1.54) is 18.4 Å². The molecule has 1 saturated heterocycles. The summed E-state index contributed by atoms with van der Waals surface area (Å²) in [6.45, 7) is 5.29. The number of ether oxygens (including phenoxy) is 3. The summed E-state index contributed by atoms with van der Waals surface area (Å²) in [4.78, 5) is 0. The van der Waals surface area contributed by atoms with E-state index in [0.717, 1.165) is 37.5 Å². The third-order valence-corrected chi connectivity index (χ3v) is 4.22. The molecule has 3 rings (SSSR count). The van der Waals surface area contributed by atoms with E-state index in [9.17, 15) is 0 Å². The van der Waals surface area contributed by atoms with Gasteiger partial charge in [0.25, 0.3) is 0 Å². The van der Waals surface area contributed by atoms with Gasteiger partial charge in [-0.2, -0.15) is 0 Å². The van der Waals surface area contributed by atoms with Gasteiger partial charge in [0, 0.05) is 18.2 Å². The maximum Gasteiger partial charge on any atom is 0.166 e. The molecule has 0 saturated carbocycles. The Morgan fingerprint density at radius 3 is 2.95 bits per heavy atom. The van der Waals surface area contributed by atoms with E-state index in [4.69, 9.17) is 14.2 Å². The van der Waals surface area contributed by atoms with Gasteiger partial charge in [-0.15, -0.1) is 0 Å². The van der Waals surface area contributed by atoms with Gasteiger partial charge in [-0.3, -0.25) is 0 Å². The number of para-hydroxylation sites is 1. The molecule has 2 atom stereocenters. The zero-order chi connectivity index (χ0) is 14.5. The minimum atomic E-state index is 0.302. The molecular formula is C17H25NO3. The van der Waals surface area contributed by atoms with Crippen LogP contribution in [0.2, 0.25) is 0 Å². The molecule has 2 aliphatic rings. The highest BCUT2D eigenvalue weighted by molar-refractivity contribution is 5.48. The number of rotatable bonds is 6. The fraction of sp³-hybridized carbons (Fsp3) is 0.647. The minimum Gasteiger partial charge on any atom is -0.486 e. The predicted molar refractivity (Wildman–Crippen MR) is 82.1 cm³/mol. The largest absolute Gasteiger partial charge is 0.486 e. The van der Waals surface area contributed by atoms with Crippen molar-refractivity contribution in [1.29, 1.82) is 0 Å². The Morgan fingerprint density at radius 2 is 2.14 bits per heavy atom. The molecule has 0 radical (unpaired) electrons. The monoisotopic (exact) mass is 291 g/mol. The van der Waals surface area contributed by atoms with Crippen molar-refractivity contribution < 1.29 is 14.2 Å². The molecule has 0 bridgehead atoms. The zero-order valence-corrected chi connectivity index (χ0v) is 12.8. The smallest absolute Gasteiger partial charge is 0.166 e. The first-order valence-corrected chi connectivity index (χ1v) is 8.12. The molecule has 2 unspecified atom stereocenters. The van der Waals surface area contributed by atoms with Crippen LogP contribution in [0.4, 0.5) is 0 Å². The summed E-state index contributed by atoms with van der Waals surface area (Å²) >= 11 is 0. The number of hydrogen-bond donors (Lipinski definition) is 1. The lowest BCUT2D eigenvalue weighted by molar-refractivity contribution is 0.0993. The summed E-state index contributed by atoms with van der Waals surface area (Å²) in [6.07, 6.45) is 5.00. The Hall–Kier alpha value is -1.26. The molecule has 4 heteroatoms. The molecule has 1 aromatic rings. The van der Waals surface area contributed by atoms with Gasteiger partial charge in [0.2, 0.25) is 0 Å². The lowest BCUT2D eigenvalue weighted by Crippen LogP contribution is -2.25. The number of benzene rings is 1. The Balaban J connectivity index is 1.73. The van der Waals surface area contributed by atoms with Crippen molar-refractivity contribution in [2.75, 3.05) is 26.4 Å². The van der Waals surface area contributed by atoms with E-state index < -0.39 is 0 Å². The van der Waals surface area contributed by atoms with Gasteiger partial charge < -0.3 is 19.5 Å². The van der Waals surface area contributed by atoms with Crippen molar-refractivity contribution in [1.82, 2.24) is 5.32 Å². The number of fused-ring (bicyclic) bond motifs is 1. The van der Waals surface area contributed by atoms with Crippen LogP contribution in [-0.4, -0.2) is 32.5 Å².